The first kappa shape index (κ1) is 14.0. The molecule has 0 radical (unpaired) electrons. The summed E-state index contributed by atoms with van der Waals surface area (Å²) in [6.07, 6.45) is -0.0695. The van der Waals surface area contributed by atoms with Gasteiger partial charge in [-0.2, -0.15) is 4.98 Å². The Labute approximate surface area is 110 Å². The number of nitrogens with one attached hydrogen (secondary N) is 1. The molecule has 0 saturated carbocycles. The lowest BCUT2D eigenvalue weighted by molar-refractivity contribution is -0.0459. The molecule has 0 amide bonds. The summed E-state index contributed by atoms with van der Waals surface area (Å²) in [6.45, 7) is 4.18. The van der Waals surface area contributed by atoms with Crippen molar-refractivity contribution in [1.29, 1.82) is 0 Å². The van der Waals surface area contributed by atoms with Crippen LogP contribution in [0.25, 0.3) is 0 Å². The molecule has 7 heteroatoms. The number of anilines is 1. The fraction of sp³-hybridized carbons (Fsp3) is 0.667. The summed E-state index contributed by atoms with van der Waals surface area (Å²) in [6, 6.07) is 0. The fourth-order valence-corrected chi connectivity index (χ4v) is 2.17. The van der Waals surface area contributed by atoms with Crippen LogP contribution in [0.1, 0.15) is 25.1 Å². The van der Waals surface area contributed by atoms with Gasteiger partial charge in [-0.05, 0) is 13.8 Å². The molecule has 0 aromatic carbocycles. The second-order valence-electron chi connectivity index (χ2n) is 4.61. The first-order valence-electron chi connectivity index (χ1n) is 6.34. The van der Waals surface area contributed by atoms with Crippen molar-refractivity contribution in [2.75, 3.05) is 18.5 Å². The highest BCUT2D eigenvalue weighted by Crippen LogP contribution is 2.27. The van der Waals surface area contributed by atoms with Crippen molar-refractivity contribution < 1.29 is 14.9 Å². The lowest BCUT2D eigenvalue weighted by Crippen LogP contribution is -2.29. The average molecular weight is 269 g/mol. The van der Waals surface area contributed by atoms with Gasteiger partial charge in [0.2, 0.25) is 0 Å². The van der Waals surface area contributed by atoms with Crippen LogP contribution in [0.2, 0.25) is 0 Å². The summed E-state index contributed by atoms with van der Waals surface area (Å²) in [5.74, 6) is 0.556. The van der Waals surface area contributed by atoms with E-state index in [2.05, 4.69) is 10.3 Å². The fourth-order valence-electron chi connectivity index (χ4n) is 2.17. The van der Waals surface area contributed by atoms with Crippen molar-refractivity contribution in [2.45, 2.75) is 38.7 Å². The Balaban J connectivity index is 2.27. The summed E-state index contributed by atoms with van der Waals surface area (Å²) in [5, 5.41) is 21.7. The number of aliphatic hydroxyl groups excluding tert-OH is 2. The van der Waals surface area contributed by atoms with Gasteiger partial charge in [0.15, 0.2) is 0 Å². The molecule has 1 aromatic heterocycles. The molecular weight excluding hydrogens is 250 g/mol. The molecule has 19 heavy (non-hydrogen) atoms. The first-order valence-corrected chi connectivity index (χ1v) is 6.34. The number of hydrogen-bond donors (Lipinski definition) is 3. The van der Waals surface area contributed by atoms with Crippen molar-refractivity contribution >= 4 is 5.82 Å². The van der Waals surface area contributed by atoms with Crippen LogP contribution in [0.4, 0.5) is 5.82 Å². The second-order valence-corrected chi connectivity index (χ2v) is 4.61. The zero-order chi connectivity index (χ0) is 14.0. The topological polar surface area (TPSA) is 96.6 Å². The zero-order valence-electron chi connectivity index (χ0n) is 11.0. The van der Waals surface area contributed by atoms with Crippen LogP contribution < -0.4 is 11.0 Å². The Morgan fingerprint density at radius 1 is 1.63 bits per heavy atom. The third kappa shape index (κ3) is 2.78. The van der Waals surface area contributed by atoms with Crippen molar-refractivity contribution in [3.8, 4) is 0 Å². The second kappa shape index (κ2) is 5.68. The molecular formula is C12H19N3O4. The van der Waals surface area contributed by atoms with Gasteiger partial charge in [-0.3, -0.25) is 4.57 Å². The Morgan fingerprint density at radius 2 is 2.37 bits per heavy atom. The molecule has 1 aromatic rings. The minimum atomic E-state index is -0.768. The van der Waals surface area contributed by atoms with E-state index < -0.39 is 24.1 Å². The maximum absolute atomic E-state index is 11.9. The van der Waals surface area contributed by atoms with Gasteiger partial charge in [-0.25, -0.2) is 4.79 Å². The van der Waals surface area contributed by atoms with Crippen molar-refractivity contribution in [1.82, 2.24) is 9.55 Å². The number of ether oxygens (including phenoxy) is 1. The highest BCUT2D eigenvalue weighted by Gasteiger charge is 2.35. The molecule has 0 bridgehead atoms. The summed E-state index contributed by atoms with van der Waals surface area (Å²) in [7, 11) is 0. The van der Waals surface area contributed by atoms with E-state index in [1.807, 2.05) is 13.8 Å². The quantitative estimate of drug-likeness (QED) is 0.690. The summed E-state index contributed by atoms with van der Waals surface area (Å²) in [4.78, 5) is 15.9. The highest BCUT2D eigenvalue weighted by molar-refractivity contribution is 5.41. The van der Waals surface area contributed by atoms with Gasteiger partial charge in [0.25, 0.3) is 0 Å². The van der Waals surface area contributed by atoms with E-state index >= 15 is 0 Å². The van der Waals surface area contributed by atoms with Gasteiger partial charge in [0, 0.05) is 24.7 Å². The van der Waals surface area contributed by atoms with Gasteiger partial charge >= 0.3 is 5.69 Å². The number of hydrogen-bond acceptors (Lipinski definition) is 6. The molecule has 0 unspecified atom stereocenters. The predicted molar refractivity (Wildman–Crippen MR) is 69.0 cm³/mol. The number of aryl methyl sites for hydroxylation is 1. The lowest BCUT2D eigenvalue weighted by Gasteiger charge is -2.16. The Kier molecular flexibility index (Phi) is 4.18. The maximum Gasteiger partial charge on any atom is 0.351 e. The third-order valence-electron chi connectivity index (χ3n) is 3.17. The SMILES string of the molecule is CCNc1nc(=O)n([C@H]2C[C@H](O)[C@@H](CO)O2)cc1C. The van der Waals surface area contributed by atoms with E-state index in [4.69, 9.17) is 9.84 Å². The minimum Gasteiger partial charge on any atom is -0.394 e. The standard InChI is InChI=1S/C12H19N3O4/c1-3-13-11-7(2)5-15(12(18)14-11)10-4-8(17)9(6-16)19-10/h5,8-10,16-17H,3-4,6H2,1-2H3,(H,13,14,18)/t8-,9+,10+/m0/s1. The van der Waals surface area contributed by atoms with Gasteiger partial charge < -0.3 is 20.3 Å². The highest BCUT2D eigenvalue weighted by atomic mass is 16.5. The smallest absolute Gasteiger partial charge is 0.351 e. The van der Waals surface area contributed by atoms with E-state index in [0.29, 0.717) is 12.4 Å². The van der Waals surface area contributed by atoms with E-state index in [0.717, 1.165) is 5.56 Å². The zero-order valence-corrected chi connectivity index (χ0v) is 11.0. The van der Waals surface area contributed by atoms with Gasteiger partial charge in [0.1, 0.15) is 18.1 Å². The number of rotatable bonds is 4. The molecule has 2 heterocycles. The molecule has 1 aliphatic rings. The van der Waals surface area contributed by atoms with Crippen LogP contribution in [0.3, 0.4) is 0 Å². The van der Waals surface area contributed by atoms with Gasteiger partial charge in [-0.1, -0.05) is 0 Å². The normalized spacial score (nSPS) is 26.6. The number of aromatic nitrogens is 2. The van der Waals surface area contributed by atoms with Crippen molar-refractivity contribution in [2.24, 2.45) is 0 Å². The van der Waals surface area contributed by atoms with E-state index in [-0.39, 0.29) is 13.0 Å². The van der Waals surface area contributed by atoms with Crippen LogP contribution in [0, 0.1) is 6.92 Å². The largest absolute Gasteiger partial charge is 0.394 e. The summed E-state index contributed by atoms with van der Waals surface area (Å²) in [5.41, 5.74) is 0.393. The van der Waals surface area contributed by atoms with Crippen LogP contribution in [-0.2, 0) is 4.74 Å². The molecule has 3 N–H and O–H groups in total. The molecule has 2 rings (SSSR count). The molecule has 1 saturated heterocycles. The van der Waals surface area contributed by atoms with E-state index in [1.165, 1.54) is 4.57 Å². The van der Waals surface area contributed by atoms with Gasteiger partial charge in [0.05, 0.1) is 12.7 Å². The van der Waals surface area contributed by atoms with Crippen LogP contribution in [0.5, 0.6) is 0 Å². The Hall–Kier alpha value is -1.44. The molecule has 106 valence electrons. The predicted octanol–water partition coefficient (Wildman–Crippen LogP) is -0.376. The lowest BCUT2D eigenvalue weighted by atomic mass is 10.2. The molecule has 3 atom stereocenters. The van der Waals surface area contributed by atoms with Gasteiger partial charge in [-0.15, -0.1) is 0 Å². The van der Waals surface area contributed by atoms with Crippen LogP contribution >= 0.6 is 0 Å². The molecule has 7 nitrogen and oxygen atoms in total. The number of nitrogens with zero attached hydrogens (tertiary/aromatic N) is 2. The van der Waals surface area contributed by atoms with E-state index in [9.17, 15) is 9.90 Å². The number of aliphatic hydroxyl groups is 2. The minimum absolute atomic E-state index is 0.270. The molecule has 0 aliphatic carbocycles. The molecule has 1 fully saturated rings. The summed E-state index contributed by atoms with van der Waals surface area (Å²) < 4.78 is 6.80. The summed E-state index contributed by atoms with van der Waals surface area (Å²) >= 11 is 0. The average Bonchev–Trinajstić information content (AvgIpc) is 2.75. The molecule has 1 aliphatic heterocycles. The molecule has 0 spiro atoms. The Morgan fingerprint density at radius 3 is 2.95 bits per heavy atom. The van der Waals surface area contributed by atoms with Crippen molar-refractivity contribution in [3.05, 3.63) is 22.2 Å². The van der Waals surface area contributed by atoms with Crippen LogP contribution in [0.15, 0.2) is 11.0 Å². The maximum atomic E-state index is 11.9. The van der Waals surface area contributed by atoms with Crippen LogP contribution in [-0.4, -0.2) is 45.1 Å². The monoisotopic (exact) mass is 269 g/mol. The first-order chi connectivity index (χ1) is 9.06. The third-order valence-corrected chi connectivity index (χ3v) is 3.17. The van der Waals surface area contributed by atoms with E-state index in [1.54, 1.807) is 6.20 Å². The Bertz CT molecular complexity index is 502. The van der Waals surface area contributed by atoms with Crippen molar-refractivity contribution in [3.63, 3.8) is 0 Å².